The minimum Gasteiger partial charge on any atom is -0.448 e. The Morgan fingerprint density at radius 3 is 2.46 bits per heavy atom. The summed E-state index contributed by atoms with van der Waals surface area (Å²) in [7, 11) is 0. The van der Waals surface area contributed by atoms with E-state index in [0.29, 0.717) is 18.1 Å². The number of hydrogen-bond donors (Lipinski definition) is 1. The van der Waals surface area contributed by atoms with Crippen LogP contribution in [-0.2, 0) is 12.0 Å². The average Bonchev–Trinajstić information content (AvgIpc) is 3.12. The number of nitrogens with zero attached hydrogens (tertiary/aromatic N) is 2. The zero-order valence-corrected chi connectivity index (χ0v) is 15.5. The molecule has 0 saturated heterocycles. The first-order chi connectivity index (χ1) is 12.3. The molecule has 1 aromatic carbocycles. The highest BCUT2D eigenvalue weighted by Crippen LogP contribution is 2.22. The molecule has 3 rings (SSSR count). The Kier molecular flexibility index (Phi) is 4.89. The van der Waals surface area contributed by atoms with Gasteiger partial charge in [-0.2, -0.15) is 0 Å². The zero-order chi connectivity index (χ0) is 18.7. The van der Waals surface area contributed by atoms with Gasteiger partial charge in [0.1, 0.15) is 6.26 Å². The molecule has 0 bridgehead atoms. The van der Waals surface area contributed by atoms with Gasteiger partial charge in [-0.25, -0.2) is 4.98 Å². The second-order valence-corrected chi connectivity index (χ2v) is 7.35. The quantitative estimate of drug-likeness (QED) is 0.764. The van der Waals surface area contributed by atoms with Crippen molar-refractivity contribution in [3.8, 4) is 11.1 Å². The lowest BCUT2D eigenvalue weighted by molar-refractivity contribution is 0.0946. The maximum absolute atomic E-state index is 12.3. The Morgan fingerprint density at radius 2 is 1.85 bits per heavy atom. The number of aromatic nitrogens is 2. The van der Waals surface area contributed by atoms with E-state index in [1.54, 1.807) is 12.4 Å². The molecule has 5 nitrogen and oxygen atoms in total. The van der Waals surface area contributed by atoms with Gasteiger partial charge in [0.15, 0.2) is 11.6 Å². The molecule has 1 N–H and O–H groups in total. The molecule has 0 aliphatic heterocycles. The SMILES string of the molecule is Cc1cc(-c2ccncc2)ccc1CNC(=O)c1coc(C(C)(C)C)n1. The van der Waals surface area contributed by atoms with Crippen molar-refractivity contribution in [2.75, 3.05) is 0 Å². The number of hydrogen-bond acceptors (Lipinski definition) is 4. The van der Waals surface area contributed by atoms with Crippen LogP contribution in [0.25, 0.3) is 11.1 Å². The summed E-state index contributed by atoms with van der Waals surface area (Å²) in [6.45, 7) is 8.47. The van der Waals surface area contributed by atoms with E-state index in [-0.39, 0.29) is 11.3 Å². The molecule has 26 heavy (non-hydrogen) atoms. The zero-order valence-electron chi connectivity index (χ0n) is 15.5. The van der Waals surface area contributed by atoms with Gasteiger partial charge in [-0.1, -0.05) is 39.0 Å². The summed E-state index contributed by atoms with van der Waals surface area (Å²) in [5.41, 5.74) is 4.52. The molecule has 2 heterocycles. The second kappa shape index (κ2) is 7.12. The molecule has 0 atom stereocenters. The standard InChI is InChI=1S/C21H23N3O2/c1-14-11-16(15-7-9-22-10-8-15)5-6-17(14)12-23-19(25)18-13-26-20(24-18)21(2,3)4/h5-11,13H,12H2,1-4H3,(H,23,25). The predicted octanol–water partition coefficient (Wildman–Crippen LogP) is 4.27. The summed E-state index contributed by atoms with van der Waals surface area (Å²) in [4.78, 5) is 20.6. The minimum absolute atomic E-state index is 0.224. The predicted molar refractivity (Wildman–Crippen MR) is 101 cm³/mol. The van der Waals surface area contributed by atoms with Gasteiger partial charge in [0.25, 0.3) is 5.91 Å². The second-order valence-electron chi connectivity index (χ2n) is 7.35. The van der Waals surface area contributed by atoms with Gasteiger partial charge in [-0.3, -0.25) is 9.78 Å². The number of carbonyl (C=O) groups excluding carboxylic acids is 1. The van der Waals surface area contributed by atoms with Crippen LogP contribution >= 0.6 is 0 Å². The smallest absolute Gasteiger partial charge is 0.273 e. The Hall–Kier alpha value is -2.95. The van der Waals surface area contributed by atoms with Gasteiger partial charge >= 0.3 is 0 Å². The highest BCUT2D eigenvalue weighted by molar-refractivity contribution is 5.91. The van der Waals surface area contributed by atoms with Crippen molar-refractivity contribution >= 4 is 5.91 Å². The van der Waals surface area contributed by atoms with Crippen LogP contribution in [0.15, 0.2) is 53.4 Å². The number of amides is 1. The summed E-state index contributed by atoms with van der Waals surface area (Å²) < 4.78 is 5.41. The first-order valence-corrected chi connectivity index (χ1v) is 8.59. The van der Waals surface area contributed by atoms with E-state index in [1.165, 1.54) is 6.26 Å². The molecule has 134 valence electrons. The van der Waals surface area contributed by atoms with Crippen molar-refractivity contribution in [2.45, 2.75) is 39.7 Å². The maximum Gasteiger partial charge on any atom is 0.273 e. The average molecular weight is 349 g/mol. The molecule has 0 saturated carbocycles. The van der Waals surface area contributed by atoms with Crippen molar-refractivity contribution in [1.29, 1.82) is 0 Å². The molecule has 0 aliphatic carbocycles. The van der Waals surface area contributed by atoms with E-state index in [0.717, 1.165) is 22.3 Å². The summed E-state index contributed by atoms with van der Waals surface area (Å²) in [6.07, 6.45) is 4.97. The summed E-state index contributed by atoms with van der Waals surface area (Å²) >= 11 is 0. The van der Waals surface area contributed by atoms with E-state index >= 15 is 0 Å². The van der Waals surface area contributed by atoms with Crippen LogP contribution in [0.2, 0.25) is 0 Å². The van der Waals surface area contributed by atoms with E-state index in [9.17, 15) is 4.79 Å². The lowest BCUT2D eigenvalue weighted by atomic mass is 9.97. The van der Waals surface area contributed by atoms with Crippen molar-refractivity contribution in [1.82, 2.24) is 15.3 Å². The third-order valence-corrected chi connectivity index (χ3v) is 4.17. The van der Waals surface area contributed by atoms with Crippen molar-refractivity contribution in [3.05, 3.63) is 71.7 Å². The van der Waals surface area contributed by atoms with Crippen LogP contribution in [0, 0.1) is 6.92 Å². The molecule has 0 radical (unpaired) electrons. The minimum atomic E-state index is -0.234. The van der Waals surface area contributed by atoms with Crippen molar-refractivity contribution in [3.63, 3.8) is 0 Å². The molecule has 0 spiro atoms. The topological polar surface area (TPSA) is 68.0 Å². The Morgan fingerprint density at radius 1 is 1.12 bits per heavy atom. The van der Waals surface area contributed by atoms with Crippen LogP contribution < -0.4 is 5.32 Å². The number of oxazole rings is 1. The number of aryl methyl sites for hydroxylation is 1. The largest absolute Gasteiger partial charge is 0.448 e. The molecule has 0 aliphatic rings. The Labute approximate surface area is 153 Å². The third kappa shape index (κ3) is 3.99. The molecular formula is C21H23N3O2. The highest BCUT2D eigenvalue weighted by Gasteiger charge is 2.22. The van der Waals surface area contributed by atoms with Crippen LogP contribution in [0.3, 0.4) is 0 Å². The molecule has 0 fully saturated rings. The molecule has 2 aromatic heterocycles. The molecule has 1 amide bonds. The summed E-state index contributed by atoms with van der Waals surface area (Å²) in [5, 5.41) is 2.91. The molecule has 5 heteroatoms. The number of rotatable bonds is 4. The number of carbonyl (C=O) groups is 1. The monoisotopic (exact) mass is 349 g/mol. The third-order valence-electron chi connectivity index (χ3n) is 4.17. The summed E-state index contributed by atoms with van der Waals surface area (Å²) in [6, 6.07) is 10.2. The van der Waals surface area contributed by atoms with Crippen LogP contribution in [0.4, 0.5) is 0 Å². The number of pyridine rings is 1. The van der Waals surface area contributed by atoms with Crippen molar-refractivity contribution < 1.29 is 9.21 Å². The first-order valence-electron chi connectivity index (χ1n) is 8.59. The number of nitrogens with one attached hydrogen (secondary N) is 1. The van der Waals surface area contributed by atoms with E-state index < -0.39 is 0 Å². The van der Waals surface area contributed by atoms with E-state index in [1.807, 2.05) is 45.9 Å². The van der Waals surface area contributed by atoms with Gasteiger partial charge in [0.05, 0.1) is 0 Å². The van der Waals surface area contributed by atoms with Gasteiger partial charge in [0, 0.05) is 24.4 Å². The van der Waals surface area contributed by atoms with Crippen LogP contribution in [-0.4, -0.2) is 15.9 Å². The lowest BCUT2D eigenvalue weighted by Crippen LogP contribution is -2.24. The molecule has 3 aromatic rings. The van der Waals surface area contributed by atoms with Crippen LogP contribution in [0.5, 0.6) is 0 Å². The fourth-order valence-electron chi connectivity index (χ4n) is 2.61. The Bertz CT molecular complexity index is 909. The van der Waals surface area contributed by atoms with Crippen molar-refractivity contribution in [2.24, 2.45) is 0 Å². The van der Waals surface area contributed by atoms with Gasteiger partial charge < -0.3 is 9.73 Å². The van der Waals surface area contributed by atoms with Crippen LogP contribution in [0.1, 0.15) is 48.3 Å². The normalized spacial score (nSPS) is 11.4. The summed E-state index contributed by atoms with van der Waals surface area (Å²) in [5.74, 6) is 0.322. The van der Waals surface area contributed by atoms with Gasteiger partial charge in [-0.05, 0) is 41.3 Å². The Balaban J connectivity index is 1.68. The van der Waals surface area contributed by atoms with E-state index in [4.69, 9.17) is 4.42 Å². The maximum atomic E-state index is 12.3. The van der Waals surface area contributed by atoms with Gasteiger partial charge in [-0.15, -0.1) is 0 Å². The van der Waals surface area contributed by atoms with Gasteiger partial charge in [0.2, 0.25) is 0 Å². The number of benzene rings is 1. The molecule has 0 unspecified atom stereocenters. The van der Waals surface area contributed by atoms with E-state index in [2.05, 4.69) is 27.4 Å². The fraction of sp³-hybridized carbons (Fsp3) is 0.286. The fourth-order valence-corrected chi connectivity index (χ4v) is 2.61. The highest BCUT2D eigenvalue weighted by atomic mass is 16.3. The molecular weight excluding hydrogens is 326 g/mol. The lowest BCUT2D eigenvalue weighted by Gasteiger charge is -2.12. The first kappa shape index (κ1) is 17.9.